The molecule has 3 amide bonds. The molecule has 1 aromatic carbocycles. The van der Waals surface area contributed by atoms with Crippen LogP contribution in [0.2, 0.25) is 0 Å². The zero-order chi connectivity index (χ0) is 14.4. The molecular formula is C14H21N3O2. The van der Waals surface area contributed by atoms with Gasteiger partial charge in [-0.1, -0.05) is 32.0 Å². The highest BCUT2D eigenvalue weighted by Crippen LogP contribution is 2.15. The fourth-order valence-corrected chi connectivity index (χ4v) is 1.52. The van der Waals surface area contributed by atoms with Crippen molar-refractivity contribution < 1.29 is 9.59 Å². The third-order valence-electron chi connectivity index (χ3n) is 2.99. The maximum absolute atomic E-state index is 11.8. The number of hydrogen-bond donors (Lipinski definition) is 3. The minimum absolute atomic E-state index is 0.0725. The first-order valence-electron chi connectivity index (χ1n) is 6.34. The van der Waals surface area contributed by atoms with E-state index in [0.29, 0.717) is 17.2 Å². The molecule has 1 aromatic rings. The number of urea groups is 1. The predicted molar refractivity (Wildman–Crippen MR) is 75.8 cm³/mol. The van der Waals surface area contributed by atoms with Crippen LogP contribution in [0, 0.1) is 5.92 Å². The molecule has 5 nitrogen and oxygen atoms in total. The Labute approximate surface area is 113 Å². The molecule has 0 fully saturated rings. The van der Waals surface area contributed by atoms with E-state index in [1.54, 1.807) is 24.3 Å². The average molecular weight is 263 g/mol. The van der Waals surface area contributed by atoms with E-state index in [4.69, 9.17) is 5.73 Å². The lowest BCUT2D eigenvalue weighted by atomic mass is 10.1. The number of primary amides is 1. The number of nitrogens with two attached hydrogens (primary N) is 1. The standard InChI is InChI=1S/C14H21N3O2/c1-9(2)10(3)16-14(19)17-12-7-5-4-6-11(12)8-13(15)18/h4-7,9-10H,8H2,1-3H3,(H2,15,18)(H2,16,17,19). The maximum atomic E-state index is 11.8. The van der Waals surface area contributed by atoms with Gasteiger partial charge in [-0.2, -0.15) is 0 Å². The molecule has 19 heavy (non-hydrogen) atoms. The quantitative estimate of drug-likeness (QED) is 0.757. The Morgan fingerprint density at radius 3 is 2.42 bits per heavy atom. The lowest BCUT2D eigenvalue weighted by molar-refractivity contribution is -0.117. The number of rotatable bonds is 5. The topological polar surface area (TPSA) is 84.2 Å². The molecule has 104 valence electrons. The molecule has 0 heterocycles. The van der Waals surface area contributed by atoms with Crippen molar-refractivity contribution in [3.8, 4) is 0 Å². The Hall–Kier alpha value is -2.04. The fraction of sp³-hybridized carbons (Fsp3) is 0.429. The van der Waals surface area contributed by atoms with Crippen molar-refractivity contribution >= 4 is 17.6 Å². The summed E-state index contributed by atoms with van der Waals surface area (Å²) < 4.78 is 0. The van der Waals surface area contributed by atoms with Crippen molar-refractivity contribution in [1.29, 1.82) is 0 Å². The largest absolute Gasteiger partial charge is 0.369 e. The van der Waals surface area contributed by atoms with E-state index in [2.05, 4.69) is 10.6 Å². The molecule has 0 saturated carbocycles. The fourth-order valence-electron chi connectivity index (χ4n) is 1.52. The normalized spacial score (nSPS) is 12.0. The second-order valence-corrected chi connectivity index (χ2v) is 4.93. The number of nitrogens with one attached hydrogen (secondary N) is 2. The summed E-state index contributed by atoms with van der Waals surface area (Å²) in [5, 5.41) is 5.59. The third-order valence-corrected chi connectivity index (χ3v) is 2.99. The maximum Gasteiger partial charge on any atom is 0.319 e. The van der Waals surface area contributed by atoms with Crippen molar-refractivity contribution in [2.45, 2.75) is 33.2 Å². The lowest BCUT2D eigenvalue weighted by Gasteiger charge is -2.18. The van der Waals surface area contributed by atoms with Gasteiger partial charge >= 0.3 is 6.03 Å². The van der Waals surface area contributed by atoms with E-state index in [-0.39, 0.29) is 18.5 Å². The van der Waals surface area contributed by atoms with Crippen LogP contribution < -0.4 is 16.4 Å². The molecule has 0 aliphatic carbocycles. The van der Waals surface area contributed by atoms with E-state index in [9.17, 15) is 9.59 Å². The molecule has 0 bridgehead atoms. The SMILES string of the molecule is CC(C)C(C)NC(=O)Nc1ccccc1CC(N)=O. The van der Waals surface area contributed by atoms with Gasteiger partial charge in [0.05, 0.1) is 6.42 Å². The van der Waals surface area contributed by atoms with E-state index >= 15 is 0 Å². The second kappa shape index (κ2) is 6.78. The van der Waals surface area contributed by atoms with Crippen molar-refractivity contribution in [2.24, 2.45) is 11.7 Å². The molecule has 4 N–H and O–H groups in total. The highest BCUT2D eigenvalue weighted by Gasteiger charge is 2.12. The molecular weight excluding hydrogens is 242 g/mol. The van der Waals surface area contributed by atoms with Gasteiger partial charge in [-0.25, -0.2) is 4.79 Å². The van der Waals surface area contributed by atoms with Gasteiger partial charge in [0.25, 0.3) is 0 Å². The summed E-state index contributed by atoms with van der Waals surface area (Å²) in [5.41, 5.74) is 6.49. The number of amides is 3. The van der Waals surface area contributed by atoms with Crippen LogP contribution in [-0.2, 0) is 11.2 Å². The van der Waals surface area contributed by atoms with Crippen molar-refractivity contribution in [2.75, 3.05) is 5.32 Å². The smallest absolute Gasteiger partial charge is 0.319 e. The van der Waals surface area contributed by atoms with Gasteiger partial charge in [0.2, 0.25) is 5.91 Å². The zero-order valence-electron chi connectivity index (χ0n) is 11.6. The average Bonchev–Trinajstić information content (AvgIpc) is 2.30. The van der Waals surface area contributed by atoms with Gasteiger partial charge in [-0.05, 0) is 24.5 Å². The van der Waals surface area contributed by atoms with Gasteiger partial charge in [-0.15, -0.1) is 0 Å². The minimum atomic E-state index is -0.426. The summed E-state index contributed by atoms with van der Waals surface area (Å²) in [5.74, 6) is -0.0724. The van der Waals surface area contributed by atoms with Crippen molar-refractivity contribution in [3.05, 3.63) is 29.8 Å². The number of hydrogen-bond acceptors (Lipinski definition) is 2. The van der Waals surface area contributed by atoms with Gasteiger partial charge in [0.15, 0.2) is 0 Å². The van der Waals surface area contributed by atoms with Crippen LogP contribution in [-0.4, -0.2) is 18.0 Å². The van der Waals surface area contributed by atoms with Crippen molar-refractivity contribution in [3.63, 3.8) is 0 Å². The van der Waals surface area contributed by atoms with Crippen molar-refractivity contribution in [1.82, 2.24) is 5.32 Å². The number of carbonyl (C=O) groups is 2. The zero-order valence-corrected chi connectivity index (χ0v) is 11.6. The van der Waals surface area contributed by atoms with Gasteiger partial charge in [0.1, 0.15) is 0 Å². The van der Waals surface area contributed by atoms with E-state index < -0.39 is 5.91 Å². The summed E-state index contributed by atoms with van der Waals surface area (Å²) in [4.78, 5) is 22.8. The molecule has 0 radical (unpaired) electrons. The summed E-state index contributed by atoms with van der Waals surface area (Å²) >= 11 is 0. The highest BCUT2D eigenvalue weighted by atomic mass is 16.2. The Balaban J connectivity index is 2.71. The Morgan fingerprint density at radius 1 is 1.21 bits per heavy atom. The summed E-state index contributed by atoms with van der Waals surface area (Å²) in [6.07, 6.45) is 0.107. The van der Waals surface area contributed by atoms with Gasteiger partial charge in [-0.3, -0.25) is 4.79 Å². The monoisotopic (exact) mass is 263 g/mol. The summed E-state index contributed by atoms with van der Waals surface area (Å²) in [6, 6.07) is 6.91. The first kappa shape index (κ1) is 15.0. The Morgan fingerprint density at radius 2 is 1.84 bits per heavy atom. The van der Waals surface area contributed by atoms with E-state index in [1.807, 2.05) is 20.8 Å². The van der Waals surface area contributed by atoms with Gasteiger partial charge in [0, 0.05) is 11.7 Å². The number of carbonyl (C=O) groups excluding carboxylic acids is 2. The number of anilines is 1. The van der Waals surface area contributed by atoms with Crippen LogP contribution in [0.1, 0.15) is 26.3 Å². The predicted octanol–water partition coefficient (Wildman–Crippen LogP) is 1.88. The molecule has 1 rings (SSSR count). The first-order valence-corrected chi connectivity index (χ1v) is 6.34. The van der Waals surface area contributed by atoms with Crippen LogP contribution in [0.3, 0.4) is 0 Å². The third kappa shape index (κ3) is 4.99. The van der Waals surface area contributed by atoms with E-state index in [0.717, 1.165) is 0 Å². The summed E-state index contributed by atoms with van der Waals surface area (Å²) in [7, 11) is 0. The first-order chi connectivity index (χ1) is 8.90. The Kier molecular flexibility index (Phi) is 5.36. The molecule has 0 aromatic heterocycles. The lowest BCUT2D eigenvalue weighted by Crippen LogP contribution is -2.39. The van der Waals surface area contributed by atoms with Gasteiger partial charge < -0.3 is 16.4 Å². The minimum Gasteiger partial charge on any atom is -0.369 e. The molecule has 0 aliphatic heterocycles. The number of para-hydroxylation sites is 1. The molecule has 1 unspecified atom stereocenters. The summed E-state index contributed by atoms with van der Waals surface area (Å²) in [6.45, 7) is 6.01. The van der Waals surface area contributed by atoms with Crippen LogP contribution in [0.4, 0.5) is 10.5 Å². The molecule has 1 atom stereocenters. The molecule has 5 heteroatoms. The van der Waals surface area contributed by atoms with E-state index in [1.165, 1.54) is 0 Å². The molecule has 0 saturated heterocycles. The van der Waals surface area contributed by atoms with Crippen LogP contribution >= 0.6 is 0 Å². The van der Waals surface area contributed by atoms with Crippen LogP contribution in [0.15, 0.2) is 24.3 Å². The second-order valence-electron chi connectivity index (χ2n) is 4.93. The highest BCUT2D eigenvalue weighted by molar-refractivity contribution is 5.91. The van der Waals surface area contributed by atoms with Crippen LogP contribution in [0.5, 0.6) is 0 Å². The molecule has 0 aliphatic rings. The Bertz CT molecular complexity index is 458. The van der Waals surface area contributed by atoms with Crippen LogP contribution in [0.25, 0.3) is 0 Å². The number of benzene rings is 1. The molecule has 0 spiro atoms.